The molecule has 0 aliphatic rings. The van der Waals surface area contributed by atoms with E-state index in [-0.39, 0.29) is 42.4 Å². The summed E-state index contributed by atoms with van der Waals surface area (Å²) in [6, 6.07) is 3.02. The van der Waals surface area contributed by atoms with E-state index in [1.54, 1.807) is 0 Å². The summed E-state index contributed by atoms with van der Waals surface area (Å²) < 4.78 is 72.0. The lowest BCUT2D eigenvalue weighted by Gasteiger charge is -2.07. The number of benzene rings is 1. The Labute approximate surface area is 150 Å². The monoisotopic (exact) mass is 409 g/mol. The number of oxime groups is 1. The quantitative estimate of drug-likeness (QED) is 0.239. The summed E-state index contributed by atoms with van der Waals surface area (Å²) in [6.07, 6.45) is -3.23. The summed E-state index contributed by atoms with van der Waals surface area (Å²) in [4.78, 5) is 0. The first-order valence-corrected chi connectivity index (χ1v) is 8.76. The fourth-order valence-electron chi connectivity index (χ4n) is 2.01. The van der Waals surface area contributed by atoms with E-state index in [0.29, 0.717) is 0 Å². The molecule has 1 aromatic heterocycles. The zero-order valence-corrected chi connectivity index (χ0v) is 14.3. The molecule has 0 bridgehead atoms. The molecule has 2 rings (SSSR count). The fraction of sp³-hybridized carbons (Fsp3) is 0.308. The van der Waals surface area contributed by atoms with E-state index < -0.39 is 28.0 Å². The molecule has 27 heavy (non-hydrogen) atoms. The van der Waals surface area contributed by atoms with Gasteiger partial charge in [0, 0.05) is 13.0 Å². The first-order chi connectivity index (χ1) is 12.7. The highest BCUT2D eigenvalue weighted by Gasteiger charge is 2.21. The summed E-state index contributed by atoms with van der Waals surface area (Å²) in [7, 11) is -3.90. The molecule has 0 saturated heterocycles. The maximum atomic E-state index is 13.4. The molecule has 1 aromatic carbocycles. The minimum absolute atomic E-state index is 0.143. The molecule has 10 nitrogen and oxygen atoms in total. The number of nitrogens with two attached hydrogens (primary N) is 1. The van der Waals surface area contributed by atoms with Crippen molar-refractivity contribution in [3.8, 4) is 5.88 Å². The molecule has 0 aliphatic carbocycles. The molecule has 0 atom stereocenters. The van der Waals surface area contributed by atoms with Gasteiger partial charge in [-0.05, 0) is 28.0 Å². The predicted molar refractivity (Wildman–Crippen MR) is 84.3 cm³/mol. The summed E-state index contributed by atoms with van der Waals surface area (Å²) in [5.41, 5.74) is -0.883. The molecule has 0 amide bonds. The Morgan fingerprint density at radius 1 is 1.41 bits per heavy atom. The van der Waals surface area contributed by atoms with Crippen LogP contribution in [0.2, 0.25) is 0 Å². The Kier molecular flexibility index (Phi) is 6.70. The van der Waals surface area contributed by atoms with Crippen molar-refractivity contribution in [3.05, 3.63) is 40.8 Å². The largest absolute Gasteiger partial charge is 0.472 e. The summed E-state index contributed by atoms with van der Waals surface area (Å²) in [5, 5.41) is 23.9. The lowest BCUT2D eigenvalue weighted by atomic mass is 10.0. The van der Waals surface area contributed by atoms with Crippen LogP contribution < -0.4 is 14.6 Å². The van der Waals surface area contributed by atoms with Gasteiger partial charge in [0.2, 0.25) is 0 Å². The molecule has 0 radical (unpaired) electrons. The zero-order chi connectivity index (χ0) is 20.0. The molecule has 14 heteroatoms. The van der Waals surface area contributed by atoms with Gasteiger partial charge in [0.15, 0.2) is 5.69 Å². The van der Waals surface area contributed by atoms with Crippen molar-refractivity contribution in [1.29, 1.82) is 0 Å². The van der Waals surface area contributed by atoms with Crippen molar-refractivity contribution in [2.75, 3.05) is 13.2 Å². The third-order valence-corrected chi connectivity index (χ3v) is 3.77. The van der Waals surface area contributed by atoms with Crippen LogP contribution in [0.25, 0.3) is 0 Å². The molecular formula is C13H14F3N5O5S. The van der Waals surface area contributed by atoms with Crippen molar-refractivity contribution >= 4 is 15.9 Å². The SMILES string of the molecule is NS(=O)(=O)NCCOc1nonc1C(Cc1ccc(F)c(C(F)F)c1)=NO. The molecule has 0 unspecified atom stereocenters. The Balaban J connectivity index is 2.11. The van der Waals surface area contributed by atoms with Crippen LogP contribution in [0.4, 0.5) is 13.2 Å². The number of rotatable bonds is 9. The molecule has 4 N–H and O–H groups in total. The Hall–Kier alpha value is -2.71. The molecule has 0 saturated carbocycles. The second-order valence-corrected chi connectivity index (χ2v) is 6.46. The number of nitrogens with zero attached hydrogens (tertiary/aromatic N) is 3. The second-order valence-electron chi connectivity index (χ2n) is 5.09. The van der Waals surface area contributed by atoms with Gasteiger partial charge in [-0.25, -0.2) is 22.9 Å². The van der Waals surface area contributed by atoms with Crippen LogP contribution in [0.1, 0.15) is 23.2 Å². The van der Waals surface area contributed by atoms with Crippen LogP contribution in [-0.2, 0) is 16.6 Å². The van der Waals surface area contributed by atoms with Crippen molar-refractivity contribution in [1.82, 2.24) is 15.0 Å². The maximum Gasteiger partial charge on any atom is 0.285 e. The molecule has 1 heterocycles. The molecule has 0 spiro atoms. The Morgan fingerprint density at radius 2 is 2.15 bits per heavy atom. The average Bonchev–Trinajstić information content (AvgIpc) is 3.05. The van der Waals surface area contributed by atoms with Crippen LogP contribution in [0.5, 0.6) is 5.88 Å². The molecular weight excluding hydrogens is 395 g/mol. The van der Waals surface area contributed by atoms with Gasteiger partial charge in [-0.15, -0.1) is 0 Å². The van der Waals surface area contributed by atoms with E-state index in [9.17, 15) is 26.8 Å². The van der Waals surface area contributed by atoms with Crippen molar-refractivity contribution in [2.24, 2.45) is 10.3 Å². The molecule has 0 fully saturated rings. The number of alkyl halides is 2. The van der Waals surface area contributed by atoms with Crippen LogP contribution in [0.3, 0.4) is 0 Å². The van der Waals surface area contributed by atoms with Crippen LogP contribution in [0.15, 0.2) is 28.0 Å². The number of hydrogen-bond donors (Lipinski definition) is 3. The van der Waals surface area contributed by atoms with E-state index in [2.05, 4.69) is 20.1 Å². The minimum Gasteiger partial charge on any atom is -0.472 e. The lowest BCUT2D eigenvalue weighted by molar-refractivity contribution is 0.146. The standard InChI is InChI=1S/C13H14F3N5O5S/c14-9-2-1-7(5-8(9)12(15)16)6-10(19-22)11-13(21-26-20-11)25-4-3-18-27(17,23)24/h1-2,5,12,18,22H,3-4,6H2,(H2,17,23,24). The normalized spacial score (nSPS) is 12.6. The van der Waals surface area contributed by atoms with E-state index in [1.807, 2.05) is 4.72 Å². The van der Waals surface area contributed by atoms with Gasteiger partial charge in [-0.1, -0.05) is 11.2 Å². The molecule has 2 aromatic rings. The average molecular weight is 409 g/mol. The first-order valence-electron chi connectivity index (χ1n) is 7.21. The second kappa shape index (κ2) is 8.79. The van der Waals surface area contributed by atoms with E-state index >= 15 is 0 Å². The van der Waals surface area contributed by atoms with Crippen molar-refractivity contribution in [3.63, 3.8) is 0 Å². The maximum absolute atomic E-state index is 13.4. The van der Waals surface area contributed by atoms with Gasteiger partial charge in [-0.2, -0.15) is 13.1 Å². The third-order valence-electron chi connectivity index (χ3n) is 3.16. The number of halogens is 3. The minimum atomic E-state index is -3.90. The molecule has 148 valence electrons. The topological polar surface area (TPSA) is 153 Å². The summed E-state index contributed by atoms with van der Waals surface area (Å²) in [6.45, 7) is -0.394. The van der Waals surface area contributed by atoms with Gasteiger partial charge in [-0.3, -0.25) is 0 Å². The summed E-state index contributed by atoms with van der Waals surface area (Å²) >= 11 is 0. The predicted octanol–water partition coefficient (Wildman–Crippen LogP) is 0.739. The van der Waals surface area contributed by atoms with Gasteiger partial charge < -0.3 is 9.94 Å². The number of ether oxygens (including phenoxy) is 1. The fourth-order valence-corrected chi connectivity index (χ4v) is 2.38. The first kappa shape index (κ1) is 20.6. The van der Waals surface area contributed by atoms with Crippen LogP contribution in [-0.4, -0.2) is 42.8 Å². The number of aromatic nitrogens is 2. The van der Waals surface area contributed by atoms with E-state index in [4.69, 9.17) is 9.88 Å². The smallest absolute Gasteiger partial charge is 0.285 e. The molecule has 0 aliphatic heterocycles. The number of hydrogen-bond acceptors (Lipinski definition) is 8. The summed E-state index contributed by atoms with van der Waals surface area (Å²) in [5.74, 6) is -1.29. The highest BCUT2D eigenvalue weighted by molar-refractivity contribution is 7.87. The van der Waals surface area contributed by atoms with Crippen LogP contribution >= 0.6 is 0 Å². The third kappa shape index (κ3) is 5.90. The Bertz CT molecular complexity index is 919. The van der Waals surface area contributed by atoms with Gasteiger partial charge in [0.25, 0.3) is 22.5 Å². The van der Waals surface area contributed by atoms with Crippen molar-refractivity contribution in [2.45, 2.75) is 12.8 Å². The number of nitrogens with one attached hydrogen (secondary N) is 1. The van der Waals surface area contributed by atoms with Gasteiger partial charge >= 0.3 is 0 Å². The zero-order valence-electron chi connectivity index (χ0n) is 13.5. The van der Waals surface area contributed by atoms with Gasteiger partial charge in [0.05, 0.1) is 5.56 Å². The van der Waals surface area contributed by atoms with Crippen LogP contribution in [0, 0.1) is 5.82 Å². The Morgan fingerprint density at radius 3 is 2.78 bits per heavy atom. The highest BCUT2D eigenvalue weighted by atomic mass is 32.2. The highest BCUT2D eigenvalue weighted by Crippen LogP contribution is 2.24. The van der Waals surface area contributed by atoms with E-state index in [0.717, 1.165) is 12.1 Å². The van der Waals surface area contributed by atoms with Gasteiger partial charge in [0.1, 0.15) is 18.1 Å². The van der Waals surface area contributed by atoms with Crippen molar-refractivity contribution < 1.29 is 36.2 Å². The van der Waals surface area contributed by atoms with E-state index in [1.165, 1.54) is 6.07 Å². The lowest BCUT2D eigenvalue weighted by Crippen LogP contribution is -2.34.